The van der Waals surface area contributed by atoms with Crippen molar-refractivity contribution in [2.75, 3.05) is 13.1 Å². The lowest BCUT2D eigenvalue weighted by Gasteiger charge is -2.41. The normalized spacial score (nSPS) is 24.2. The average Bonchev–Trinajstić information content (AvgIpc) is 2.59. The van der Waals surface area contributed by atoms with Crippen LogP contribution in [0.15, 0.2) is 30.3 Å². The summed E-state index contributed by atoms with van der Waals surface area (Å²) in [7, 11) is 0. The third-order valence-electron chi connectivity index (χ3n) is 4.94. The van der Waals surface area contributed by atoms with Gasteiger partial charge in [-0.05, 0) is 38.2 Å². The maximum Gasteiger partial charge on any atom is 0.407 e. The highest BCUT2D eigenvalue weighted by atomic mass is 16.5. The molecule has 4 unspecified atom stereocenters. The van der Waals surface area contributed by atoms with Gasteiger partial charge >= 0.3 is 6.09 Å². The Morgan fingerprint density at radius 2 is 2.04 bits per heavy atom. The Bertz CT molecular complexity index is 507. The zero-order valence-electron chi connectivity index (χ0n) is 14.9. The van der Waals surface area contributed by atoms with Crippen molar-refractivity contribution in [2.24, 2.45) is 5.92 Å². The number of nitrogens with zero attached hydrogens (tertiary/aromatic N) is 1. The molecule has 0 aliphatic carbocycles. The molecule has 2 N–H and O–H groups in total. The second kappa shape index (κ2) is 9.04. The lowest BCUT2D eigenvalue weighted by molar-refractivity contribution is 0.0300. The van der Waals surface area contributed by atoms with Gasteiger partial charge in [0, 0.05) is 25.2 Å². The Morgan fingerprint density at radius 3 is 2.67 bits per heavy atom. The molecule has 5 nitrogen and oxygen atoms in total. The summed E-state index contributed by atoms with van der Waals surface area (Å²) in [6.45, 7) is 8.13. The summed E-state index contributed by atoms with van der Waals surface area (Å²) in [6, 6.07) is 10.1. The van der Waals surface area contributed by atoms with E-state index in [-0.39, 0.29) is 30.8 Å². The van der Waals surface area contributed by atoms with Gasteiger partial charge < -0.3 is 15.2 Å². The van der Waals surface area contributed by atoms with Crippen LogP contribution < -0.4 is 5.32 Å². The quantitative estimate of drug-likeness (QED) is 0.840. The molecule has 0 spiro atoms. The molecule has 2 rings (SSSR count). The highest BCUT2D eigenvalue weighted by Crippen LogP contribution is 2.23. The number of carbonyl (C=O) groups excluding carboxylic acids is 1. The number of piperidine rings is 1. The van der Waals surface area contributed by atoms with Crippen LogP contribution in [0.1, 0.15) is 39.2 Å². The van der Waals surface area contributed by atoms with Gasteiger partial charge in [-0.15, -0.1) is 0 Å². The Kier molecular flexibility index (Phi) is 7.06. The number of hydrogen-bond donors (Lipinski definition) is 2. The van der Waals surface area contributed by atoms with Gasteiger partial charge in [-0.2, -0.15) is 0 Å². The molecule has 5 heteroatoms. The minimum atomic E-state index is -0.390. The predicted octanol–water partition coefficient (Wildman–Crippen LogP) is 2.78. The summed E-state index contributed by atoms with van der Waals surface area (Å²) in [5.74, 6) is 0.173. The van der Waals surface area contributed by atoms with E-state index >= 15 is 0 Å². The molecule has 1 aliphatic rings. The first-order chi connectivity index (χ1) is 11.5. The van der Waals surface area contributed by atoms with Gasteiger partial charge in [-0.1, -0.05) is 37.3 Å². The fourth-order valence-corrected chi connectivity index (χ4v) is 3.18. The monoisotopic (exact) mass is 334 g/mol. The Labute approximate surface area is 145 Å². The Hall–Kier alpha value is -1.59. The number of ether oxygens (including phenoxy) is 1. The number of hydrogen-bond acceptors (Lipinski definition) is 4. The van der Waals surface area contributed by atoms with E-state index < -0.39 is 0 Å². The molecule has 4 atom stereocenters. The van der Waals surface area contributed by atoms with E-state index in [1.807, 2.05) is 37.3 Å². The first kappa shape index (κ1) is 18.7. The second-order valence-corrected chi connectivity index (χ2v) is 6.85. The van der Waals surface area contributed by atoms with Crippen molar-refractivity contribution in [3.05, 3.63) is 35.9 Å². The van der Waals surface area contributed by atoms with E-state index in [1.165, 1.54) is 0 Å². The summed E-state index contributed by atoms with van der Waals surface area (Å²) in [6.07, 6.45) is 1.07. The number of amides is 1. The number of alkyl carbamates (subject to hydrolysis) is 1. The minimum absolute atomic E-state index is 0.00984. The molecular weight excluding hydrogens is 304 g/mol. The van der Waals surface area contributed by atoms with Gasteiger partial charge in [0.05, 0.1) is 6.10 Å². The number of aliphatic hydroxyl groups excluding tert-OH is 1. The summed E-state index contributed by atoms with van der Waals surface area (Å²) in [5.41, 5.74) is 0.972. The summed E-state index contributed by atoms with van der Waals surface area (Å²) in [5, 5.41) is 13.0. The van der Waals surface area contributed by atoms with Crippen molar-refractivity contribution in [2.45, 2.75) is 58.4 Å². The maximum absolute atomic E-state index is 12.1. The molecule has 24 heavy (non-hydrogen) atoms. The van der Waals surface area contributed by atoms with Crippen molar-refractivity contribution in [3.63, 3.8) is 0 Å². The van der Waals surface area contributed by atoms with Crippen molar-refractivity contribution in [1.29, 1.82) is 0 Å². The average molecular weight is 334 g/mol. The number of nitrogens with one attached hydrogen (secondary N) is 1. The number of rotatable bonds is 6. The van der Waals surface area contributed by atoms with Gasteiger partial charge in [-0.3, -0.25) is 4.90 Å². The molecule has 0 saturated carbocycles. The van der Waals surface area contributed by atoms with E-state index in [4.69, 9.17) is 4.74 Å². The molecule has 0 bridgehead atoms. The summed E-state index contributed by atoms with van der Waals surface area (Å²) < 4.78 is 5.32. The van der Waals surface area contributed by atoms with Crippen LogP contribution in [-0.4, -0.2) is 47.4 Å². The van der Waals surface area contributed by atoms with Gasteiger partial charge in [0.2, 0.25) is 0 Å². The lowest BCUT2D eigenvalue weighted by Crippen LogP contribution is -2.54. The van der Waals surface area contributed by atoms with Crippen LogP contribution in [0, 0.1) is 5.92 Å². The van der Waals surface area contributed by atoms with E-state index in [0.29, 0.717) is 6.04 Å². The van der Waals surface area contributed by atoms with Crippen LogP contribution in [0.5, 0.6) is 0 Å². The molecule has 1 aromatic rings. The van der Waals surface area contributed by atoms with Gasteiger partial charge in [0.15, 0.2) is 0 Å². The first-order valence-electron chi connectivity index (χ1n) is 8.89. The molecule has 0 radical (unpaired) electrons. The third kappa shape index (κ3) is 5.49. The fourth-order valence-electron chi connectivity index (χ4n) is 3.18. The second-order valence-electron chi connectivity index (χ2n) is 6.85. The van der Waals surface area contributed by atoms with Crippen LogP contribution >= 0.6 is 0 Å². The number of benzene rings is 1. The molecule has 1 fully saturated rings. The number of carbonyl (C=O) groups is 1. The van der Waals surface area contributed by atoms with Crippen LogP contribution in [-0.2, 0) is 11.3 Å². The lowest BCUT2D eigenvalue weighted by atomic mass is 9.89. The molecule has 1 aromatic carbocycles. The molecular formula is C19H30N2O3. The molecule has 134 valence electrons. The maximum atomic E-state index is 12.1. The highest BCUT2D eigenvalue weighted by molar-refractivity contribution is 5.67. The van der Waals surface area contributed by atoms with Crippen molar-refractivity contribution in [3.8, 4) is 0 Å². The standard InChI is InChI=1S/C19H30N2O3/c1-4-14(2)21-11-17(15(3)22)10-18(12-21)20-19(23)24-13-16-8-6-5-7-9-16/h5-9,14-15,17-18,22H,4,10-13H2,1-3H3,(H,20,23). The fraction of sp³-hybridized carbons (Fsp3) is 0.632. The van der Waals surface area contributed by atoms with Crippen molar-refractivity contribution >= 4 is 6.09 Å². The highest BCUT2D eigenvalue weighted by Gasteiger charge is 2.32. The number of aliphatic hydroxyl groups is 1. The van der Waals surface area contributed by atoms with E-state index in [2.05, 4.69) is 24.1 Å². The topological polar surface area (TPSA) is 61.8 Å². The molecule has 0 aromatic heterocycles. The minimum Gasteiger partial charge on any atom is -0.445 e. The van der Waals surface area contributed by atoms with Crippen LogP contribution in [0.25, 0.3) is 0 Å². The Balaban J connectivity index is 1.87. The van der Waals surface area contributed by atoms with Crippen molar-refractivity contribution in [1.82, 2.24) is 10.2 Å². The zero-order valence-corrected chi connectivity index (χ0v) is 14.9. The first-order valence-corrected chi connectivity index (χ1v) is 8.89. The number of likely N-dealkylation sites (tertiary alicyclic amines) is 1. The van der Waals surface area contributed by atoms with E-state index in [0.717, 1.165) is 31.5 Å². The smallest absolute Gasteiger partial charge is 0.407 e. The van der Waals surface area contributed by atoms with Crippen LogP contribution in [0.3, 0.4) is 0 Å². The zero-order chi connectivity index (χ0) is 17.5. The van der Waals surface area contributed by atoms with Crippen molar-refractivity contribution < 1.29 is 14.6 Å². The molecule has 1 heterocycles. The van der Waals surface area contributed by atoms with E-state index in [9.17, 15) is 9.90 Å². The largest absolute Gasteiger partial charge is 0.445 e. The third-order valence-corrected chi connectivity index (χ3v) is 4.94. The molecule has 1 aliphatic heterocycles. The summed E-state index contributed by atoms with van der Waals surface area (Å²) >= 11 is 0. The SMILES string of the molecule is CCC(C)N1CC(NC(=O)OCc2ccccc2)CC(C(C)O)C1. The van der Waals surface area contributed by atoms with E-state index in [1.54, 1.807) is 0 Å². The van der Waals surface area contributed by atoms with Crippen LogP contribution in [0.2, 0.25) is 0 Å². The summed E-state index contributed by atoms with van der Waals surface area (Å²) in [4.78, 5) is 14.4. The van der Waals surface area contributed by atoms with Gasteiger partial charge in [0.1, 0.15) is 6.61 Å². The predicted molar refractivity (Wildman–Crippen MR) is 94.7 cm³/mol. The van der Waals surface area contributed by atoms with Gasteiger partial charge in [0.25, 0.3) is 0 Å². The Morgan fingerprint density at radius 1 is 1.33 bits per heavy atom. The molecule has 1 saturated heterocycles. The molecule has 1 amide bonds. The van der Waals surface area contributed by atoms with Crippen LogP contribution in [0.4, 0.5) is 4.79 Å². The van der Waals surface area contributed by atoms with Gasteiger partial charge in [-0.25, -0.2) is 4.79 Å².